The van der Waals surface area contributed by atoms with E-state index in [0.29, 0.717) is 18.8 Å². The van der Waals surface area contributed by atoms with E-state index in [0.717, 1.165) is 38.5 Å². The summed E-state index contributed by atoms with van der Waals surface area (Å²) >= 11 is 10.1. The number of carbonyl (C=O) groups is 1. The van der Waals surface area contributed by atoms with E-state index < -0.39 is 0 Å². The number of rotatable bonds is 9. The Kier molecular flexibility index (Phi) is 7.96. The van der Waals surface area contributed by atoms with Gasteiger partial charge in [-0.2, -0.15) is 5.10 Å². The number of carbonyl (C=O) groups excluding carboxylic acids is 1. The first kappa shape index (κ1) is 25.2. The molecule has 1 aromatic heterocycles. The van der Waals surface area contributed by atoms with Crippen molar-refractivity contribution in [3.63, 3.8) is 0 Å². The molecule has 0 spiro atoms. The Morgan fingerprint density at radius 3 is 2.62 bits per heavy atom. The van der Waals surface area contributed by atoms with Crippen LogP contribution in [0.3, 0.4) is 0 Å². The minimum atomic E-state index is -0.161. The molecular formula is C28H27BrClN5O2. The van der Waals surface area contributed by atoms with Crippen molar-refractivity contribution in [2.75, 3.05) is 23.8 Å². The van der Waals surface area contributed by atoms with Gasteiger partial charge in [0.15, 0.2) is 6.61 Å². The number of anilines is 2. The molecule has 4 aromatic rings. The molecular weight excluding hydrogens is 554 g/mol. The van der Waals surface area contributed by atoms with Gasteiger partial charge in [-0.3, -0.25) is 4.79 Å². The number of nitrogens with one attached hydrogen (secondary N) is 3. The third kappa shape index (κ3) is 6.26. The summed E-state index contributed by atoms with van der Waals surface area (Å²) in [4.78, 5) is 12.1. The predicted molar refractivity (Wildman–Crippen MR) is 150 cm³/mol. The number of benzene rings is 3. The van der Waals surface area contributed by atoms with Crippen LogP contribution in [0.1, 0.15) is 29.6 Å². The summed E-state index contributed by atoms with van der Waals surface area (Å²) in [6, 6.07) is 25.5. The molecule has 1 aliphatic heterocycles. The Labute approximate surface area is 229 Å². The summed E-state index contributed by atoms with van der Waals surface area (Å²) in [5.41, 5.74) is 3.09. The van der Waals surface area contributed by atoms with Crippen molar-refractivity contribution in [1.29, 1.82) is 0 Å². The number of hydrogen-bond donors (Lipinski definition) is 3. The van der Waals surface area contributed by atoms with E-state index in [1.165, 1.54) is 0 Å². The second kappa shape index (κ2) is 11.7. The standard InChI is InChI=1S/C28H27BrClN5O2/c29-24-17-33-35-21(14-26(34-28(24)35)23-8-4-5-9-25(23)30)16-31-20-12-10-19(11-13-20)15-32-27(36)18-37-22-6-2-1-3-7-22/h1-13,17,21,26,31,34H,14-16,18H2,(H,32,36). The molecule has 2 unspecified atom stereocenters. The van der Waals surface area contributed by atoms with E-state index in [1.54, 1.807) is 0 Å². The Morgan fingerprint density at radius 1 is 1.08 bits per heavy atom. The van der Waals surface area contributed by atoms with E-state index in [1.807, 2.05) is 83.7 Å². The van der Waals surface area contributed by atoms with Gasteiger partial charge in [-0.05, 0) is 63.8 Å². The lowest BCUT2D eigenvalue weighted by Gasteiger charge is -2.33. The number of hydrogen-bond acceptors (Lipinski definition) is 5. The lowest BCUT2D eigenvalue weighted by Crippen LogP contribution is -2.31. The van der Waals surface area contributed by atoms with Gasteiger partial charge in [-0.25, -0.2) is 4.68 Å². The van der Waals surface area contributed by atoms with Crippen LogP contribution in [-0.2, 0) is 11.3 Å². The molecule has 0 bridgehead atoms. The van der Waals surface area contributed by atoms with Crippen molar-refractivity contribution in [2.45, 2.75) is 25.0 Å². The number of halogens is 2. The monoisotopic (exact) mass is 579 g/mol. The molecule has 0 aliphatic carbocycles. The Hall–Kier alpha value is -3.49. The van der Waals surface area contributed by atoms with Gasteiger partial charge in [0.05, 0.1) is 22.8 Å². The molecule has 3 N–H and O–H groups in total. The first-order valence-electron chi connectivity index (χ1n) is 12.1. The van der Waals surface area contributed by atoms with Crippen LogP contribution in [0.4, 0.5) is 11.5 Å². The number of nitrogens with zero attached hydrogens (tertiary/aromatic N) is 2. The quantitative estimate of drug-likeness (QED) is 0.220. The molecule has 7 nitrogen and oxygen atoms in total. The van der Waals surface area contributed by atoms with Gasteiger partial charge in [0.1, 0.15) is 11.6 Å². The van der Waals surface area contributed by atoms with Crippen LogP contribution in [0.2, 0.25) is 5.02 Å². The highest BCUT2D eigenvalue weighted by molar-refractivity contribution is 9.10. The lowest BCUT2D eigenvalue weighted by molar-refractivity contribution is -0.123. The van der Waals surface area contributed by atoms with E-state index >= 15 is 0 Å². The van der Waals surface area contributed by atoms with Crippen molar-refractivity contribution in [3.05, 3.63) is 106 Å². The van der Waals surface area contributed by atoms with Crippen molar-refractivity contribution in [3.8, 4) is 5.75 Å². The first-order chi connectivity index (χ1) is 18.1. The Morgan fingerprint density at radius 2 is 1.84 bits per heavy atom. The van der Waals surface area contributed by atoms with E-state index in [-0.39, 0.29) is 24.6 Å². The minimum Gasteiger partial charge on any atom is -0.484 e. The van der Waals surface area contributed by atoms with Gasteiger partial charge < -0.3 is 20.7 Å². The van der Waals surface area contributed by atoms with Crippen LogP contribution in [-0.4, -0.2) is 28.8 Å². The fourth-order valence-corrected chi connectivity index (χ4v) is 5.03. The molecule has 2 atom stereocenters. The summed E-state index contributed by atoms with van der Waals surface area (Å²) in [6.45, 7) is 1.13. The van der Waals surface area contributed by atoms with Gasteiger partial charge >= 0.3 is 0 Å². The maximum absolute atomic E-state index is 12.1. The fraction of sp³-hybridized carbons (Fsp3) is 0.214. The third-order valence-corrected chi connectivity index (χ3v) is 7.22. The van der Waals surface area contributed by atoms with Crippen molar-refractivity contribution < 1.29 is 9.53 Å². The van der Waals surface area contributed by atoms with Crippen molar-refractivity contribution >= 4 is 44.9 Å². The highest BCUT2D eigenvalue weighted by atomic mass is 79.9. The minimum absolute atomic E-state index is 0.0133. The SMILES string of the molecule is O=C(COc1ccccc1)NCc1ccc(NCC2CC(c3ccccc3Cl)Nc3c(Br)cnn32)cc1. The van der Waals surface area contributed by atoms with E-state index in [4.69, 9.17) is 16.3 Å². The average Bonchev–Trinajstić information content (AvgIpc) is 3.31. The summed E-state index contributed by atoms with van der Waals surface area (Å²) in [5, 5.41) is 15.3. The van der Waals surface area contributed by atoms with Crippen LogP contribution in [0.15, 0.2) is 89.5 Å². The van der Waals surface area contributed by atoms with Crippen LogP contribution in [0, 0.1) is 0 Å². The van der Waals surface area contributed by atoms with E-state index in [2.05, 4.69) is 43.0 Å². The highest BCUT2D eigenvalue weighted by Crippen LogP contribution is 2.40. The smallest absolute Gasteiger partial charge is 0.258 e. The summed E-state index contributed by atoms with van der Waals surface area (Å²) in [7, 11) is 0. The molecule has 0 saturated heterocycles. The average molecular weight is 581 g/mol. The highest BCUT2D eigenvalue weighted by Gasteiger charge is 2.30. The van der Waals surface area contributed by atoms with Crippen molar-refractivity contribution in [2.24, 2.45) is 0 Å². The number of para-hydroxylation sites is 1. The summed E-state index contributed by atoms with van der Waals surface area (Å²) in [5.74, 6) is 1.46. The predicted octanol–water partition coefficient (Wildman–Crippen LogP) is 6.20. The number of amides is 1. The second-order valence-electron chi connectivity index (χ2n) is 8.85. The van der Waals surface area contributed by atoms with E-state index in [9.17, 15) is 4.79 Å². The maximum Gasteiger partial charge on any atom is 0.258 e. The fourth-order valence-electron chi connectivity index (χ4n) is 4.37. The molecule has 190 valence electrons. The molecule has 1 aliphatic rings. The molecule has 9 heteroatoms. The molecule has 3 aromatic carbocycles. The van der Waals surface area contributed by atoms with Crippen molar-refractivity contribution in [1.82, 2.24) is 15.1 Å². The van der Waals surface area contributed by atoms with Gasteiger partial charge in [0, 0.05) is 23.8 Å². The zero-order chi connectivity index (χ0) is 25.6. The Bertz CT molecular complexity index is 1350. The zero-order valence-electron chi connectivity index (χ0n) is 20.0. The molecule has 0 radical (unpaired) electrons. The molecule has 1 amide bonds. The zero-order valence-corrected chi connectivity index (χ0v) is 22.4. The van der Waals surface area contributed by atoms with Gasteiger partial charge in [0.2, 0.25) is 0 Å². The van der Waals surface area contributed by atoms with Gasteiger partial charge in [-0.15, -0.1) is 0 Å². The van der Waals surface area contributed by atoms with Crippen LogP contribution >= 0.6 is 27.5 Å². The third-order valence-electron chi connectivity index (χ3n) is 6.29. The lowest BCUT2D eigenvalue weighted by atomic mass is 9.97. The first-order valence-corrected chi connectivity index (χ1v) is 13.3. The van der Waals surface area contributed by atoms with Crippen LogP contribution < -0.4 is 20.7 Å². The molecule has 0 saturated carbocycles. The Balaban J connectivity index is 1.15. The molecule has 0 fully saturated rings. The van der Waals surface area contributed by atoms with Crippen LogP contribution in [0.25, 0.3) is 0 Å². The van der Waals surface area contributed by atoms with Gasteiger partial charge in [-0.1, -0.05) is 60.1 Å². The maximum atomic E-state index is 12.1. The molecule has 37 heavy (non-hydrogen) atoms. The largest absolute Gasteiger partial charge is 0.484 e. The van der Waals surface area contributed by atoms with Gasteiger partial charge in [0.25, 0.3) is 5.91 Å². The topological polar surface area (TPSA) is 80.2 Å². The number of fused-ring (bicyclic) bond motifs is 1. The number of aromatic nitrogens is 2. The molecule has 5 rings (SSSR count). The van der Waals surface area contributed by atoms with Crippen LogP contribution in [0.5, 0.6) is 5.75 Å². The normalized spacial score (nSPS) is 16.4. The molecule has 2 heterocycles. The summed E-state index contributed by atoms with van der Waals surface area (Å²) in [6.07, 6.45) is 2.66. The summed E-state index contributed by atoms with van der Waals surface area (Å²) < 4.78 is 8.44. The second-order valence-corrected chi connectivity index (χ2v) is 10.1. The number of ether oxygens (including phenoxy) is 1.